The summed E-state index contributed by atoms with van der Waals surface area (Å²) >= 11 is 0. The average molecular weight is 221 g/mol. The van der Waals surface area contributed by atoms with Gasteiger partial charge in [0.05, 0.1) is 5.56 Å². The van der Waals surface area contributed by atoms with E-state index in [0.717, 1.165) is 12.8 Å². The summed E-state index contributed by atoms with van der Waals surface area (Å²) in [5.41, 5.74) is 0.998. The fourth-order valence-electron chi connectivity index (χ4n) is 1.56. The van der Waals surface area contributed by atoms with Crippen LogP contribution in [0, 0.1) is 18.7 Å². The molecule has 1 fully saturated rings. The van der Waals surface area contributed by atoms with Gasteiger partial charge >= 0.3 is 0 Å². The topological polar surface area (TPSA) is 46.2 Å². The maximum absolute atomic E-state index is 13.2. The molecular weight excluding hydrogens is 209 g/mol. The molecule has 1 aliphatic carbocycles. The van der Waals surface area contributed by atoms with Gasteiger partial charge in [-0.15, -0.1) is 0 Å². The van der Waals surface area contributed by atoms with Gasteiger partial charge in [-0.2, -0.15) is 0 Å². The number of halogens is 1. The SMILES string of the molecule is Cc1c(NC(=O)C2CC2)ccc(F)c1C=O. The third-order valence-electron chi connectivity index (χ3n) is 2.79. The smallest absolute Gasteiger partial charge is 0.227 e. The maximum Gasteiger partial charge on any atom is 0.227 e. The lowest BCUT2D eigenvalue weighted by atomic mass is 10.1. The molecule has 1 N–H and O–H groups in total. The molecule has 0 unspecified atom stereocenters. The van der Waals surface area contributed by atoms with Crippen molar-refractivity contribution in [3.63, 3.8) is 0 Å². The summed E-state index contributed by atoms with van der Waals surface area (Å²) in [5, 5.41) is 2.71. The van der Waals surface area contributed by atoms with Crippen LogP contribution in [0.4, 0.5) is 10.1 Å². The van der Waals surface area contributed by atoms with Crippen molar-refractivity contribution in [3.8, 4) is 0 Å². The lowest BCUT2D eigenvalue weighted by Crippen LogP contribution is -2.15. The van der Waals surface area contributed by atoms with E-state index >= 15 is 0 Å². The van der Waals surface area contributed by atoms with Gasteiger partial charge in [0.2, 0.25) is 5.91 Å². The largest absolute Gasteiger partial charge is 0.326 e. The minimum Gasteiger partial charge on any atom is -0.326 e. The van der Waals surface area contributed by atoms with Crippen LogP contribution in [0.25, 0.3) is 0 Å². The number of rotatable bonds is 3. The Balaban J connectivity index is 2.26. The van der Waals surface area contributed by atoms with Crippen LogP contribution in [0.5, 0.6) is 0 Å². The van der Waals surface area contributed by atoms with Gasteiger partial charge in [0.15, 0.2) is 6.29 Å². The van der Waals surface area contributed by atoms with E-state index in [2.05, 4.69) is 5.32 Å². The van der Waals surface area contributed by atoms with Gasteiger partial charge < -0.3 is 5.32 Å². The molecule has 1 saturated carbocycles. The highest BCUT2D eigenvalue weighted by atomic mass is 19.1. The second-order valence-electron chi connectivity index (χ2n) is 4.01. The van der Waals surface area contributed by atoms with E-state index < -0.39 is 5.82 Å². The van der Waals surface area contributed by atoms with Crippen LogP contribution in [-0.2, 0) is 4.79 Å². The quantitative estimate of drug-likeness (QED) is 0.796. The summed E-state index contributed by atoms with van der Waals surface area (Å²) in [6.45, 7) is 1.62. The van der Waals surface area contributed by atoms with Crippen molar-refractivity contribution < 1.29 is 14.0 Å². The highest BCUT2D eigenvalue weighted by molar-refractivity contribution is 5.96. The first-order chi connectivity index (χ1) is 7.63. The zero-order valence-corrected chi connectivity index (χ0v) is 8.92. The average Bonchev–Trinajstić information content (AvgIpc) is 3.06. The molecule has 1 amide bonds. The summed E-state index contributed by atoms with van der Waals surface area (Å²) in [7, 11) is 0. The molecule has 3 nitrogen and oxygen atoms in total. The van der Waals surface area contributed by atoms with Crippen molar-refractivity contribution in [1.29, 1.82) is 0 Å². The number of aldehydes is 1. The Morgan fingerprint density at radius 3 is 2.75 bits per heavy atom. The number of hydrogen-bond acceptors (Lipinski definition) is 2. The predicted molar refractivity (Wildman–Crippen MR) is 57.9 cm³/mol. The van der Waals surface area contributed by atoms with Gasteiger partial charge in [-0.25, -0.2) is 4.39 Å². The summed E-state index contributed by atoms with van der Waals surface area (Å²) in [6, 6.07) is 2.68. The molecule has 1 aromatic carbocycles. The van der Waals surface area contributed by atoms with Gasteiger partial charge in [-0.3, -0.25) is 9.59 Å². The second-order valence-corrected chi connectivity index (χ2v) is 4.01. The van der Waals surface area contributed by atoms with Crippen molar-refractivity contribution in [2.24, 2.45) is 5.92 Å². The van der Waals surface area contributed by atoms with Gasteiger partial charge in [0, 0.05) is 11.6 Å². The van der Waals surface area contributed by atoms with Crippen LogP contribution in [0.15, 0.2) is 12.1 Å². The molecule has 0 aliphatic heterocycles. The summed E-state index contributed by atoms with van der Waals surface area (Å²) in [4.78, 5) is 22.2. The number of amides is 1. The first-order valence-electron chi connectivity index (χ1n) is 5.18. The lowest BCUT2D eigenvalue weighted by molar-refractivity contribution is -0.117. The Morgan fingerprint density at radius 1 is 1.50 bits per heavy atom. The van der Waals surface area contributed by atoms with E-state index in [1.807, 2.05) is 0 Å². The molecule has 0 aromatic heterocycles. The molecule has 0 saturated heterocycles. The molecule has 0 heterocycles. The fourth-order valence-corrected chi connectivity index (χ4v) is 1.56. The van der Waals surface area contributed by atoms with Gasteiger partial charge in [0.25, 0.3) is 0 Å². The summed E-state index contributed by atoms with van der Waals surface area (Å²) in [5.74, 6) is -0.521. The van der Waals surface area contributed by atoms with Crippen LogP contribution < -0.4 is 5.32 Å². The Labute approximate surface area is 92.7 Å². The maximum atomic E-state index is 13.2. The van der Waals surface area contributed by atoms with E-state index in [4.69, 9.17) is 0 Å². The van der Waals surface area contributed by atoms with E-state index in [1.165, 1.54) is 12.1 Å². The van der Waals surface area contributed by atoms with Crippen molar-refractivity contribution >= 4 is 17.9 Å². The van der Waals surface area contributed by atoms with Crippen LogP contribution in [-0.4, -0.2) is 12.2 Å². The molecule has 16 heavy (non-hydrogen) atoms. The van der Waals surface area contributed by atoms with Crippen molar-refractivity contribution in [1.82, 2.24) is 0 Å². The van der Waals surface area contributed by atoms with Crippen molar-refractivity contribution in [2.75, 3.05) is 5.32 Å². The van der Waals surface area contributed by atoms with Crippen LogP contribution >= 0.6 is 0 Å². The molecule has 1 aliphatic rings. The van der Waals surface area contributed by atoms with Gasteiger partial charge in [-0.1, -0.05) is 0 Å². The van der Waals surface area contributed by atoms with E-state index in [9.17, 15) is 14.0 Å². The third kappa shape index (κ3) is 1.96. The zero-order chi connectivity index (χ0) is 11.7. The molecule has 2 rings (SSSR count). The Morgan fingerprint density at radius 2 is 2.19 bits per heavy atom. The molecule has 84 valence electrons. The number of anilines is 1. The number of benzene rings is 1. The van der Waals surface area contributed by atoms with E-state index in [1.54, 1.807) is 6.92 Å². The highest BCUT2D eigenvalue weighted by Crippen LogP contribution is 2.31. The molecule has 0 radical (unpaired) electrons. The Hall–Kier alpha value is -1.71. The van der Waals surface area contributed by atoms with E-state index in [0.29, 0.717) is 17.5 Å². The van der Waals surface area contributed by atoms with Crippen molar-refractivity contribution in [2.45, 2.75) is 19.8 Å². The van der Waals surface area contributed by atoms with Crippen LogP contribution in [0.1, 0.15) is 28.8 Å². The number of nitrogens with one attached hydrogen (secondary N) is 1. The minimum atomic E-state index is -0.558. The summed E-state index contributed by atoms with van der Waals surface area (Å²) < 4.78 is 13.2. The lowest BCUT2D eigenvalue weighted by Gasteiger charge is -2.09. The second kappa shape index (κ2) is 4.04. The molecule has 0 bridgehead atoms. The molecule has 0 spiro atoms. The summed E-state index contributed by atoms with van der Waals surface area (Å²) in [6.07, 6.45) is 2.29. The zero-order valence-electron chi connectivity index (χ0n) is 8.92. The van der Waals surface area contributed by atoms with Gasteiger partial charge in [0.1, 0.15) is 5.82 Å². The normalized spacial score (nSPS) is 14.6. The van der Waals surface area contributed by atoms with E-state index in [-0.39, 0.29) is 17.4 Å². The Bertz CT molecular complexity index is 453. The molecule has 4 heteroatoms. The monoisotopic (exact) mass is 221 g/mol. The van der Waals surface area contributed by atoms with Crippen LogP contribution in [0.2, 0.25) is 0 Å². The first kappa shape index (κ1) is 10.8. The van der Waals surface area contributed by atoms with Crippen molar-refractivity contribution in [3.05, 3.63) is 29.1 Å². The first-order valence-corrected chi connectivity index (χ1v) is 5.18. The number of carbonyl (C=O) groups excluding carboxylic acids is 2. The van der Waals surface area contributed by atoms with Crippen LogP contribution in [0.3, 0.4) is 0 Å². The number of hydrogen-bond donors (Lipinski definition) is 1. The predicted octanol–water partition coefficient (Wildman–Crippen LogP) is 2.30. The molecular formula is C12H12FNO2. The number of carbonyl (C=O) groups is 2. The third-order valence-corrected chi connectivity index (χ3v) is 2.79. The standard InChI is InChI=1S/C12H12FNO2/c1-7-9(6-15)10(13)4-5-11(7)14-12(16)8-2-3-8/h4-6,8H,2-3H2,1H3,(H,14,16). The Kier molecular flexibility index (Phi) is 2.73. The fraction of sp³-hybridized carbons (Fsp3) is 0.333. The molecule has 1 aromatic rings. The molecule has 0 atom stereocenters. The minimum absolute atomic E-state index is 0.00796. The van der Waals surface area contributed by atoms with Gasteiger partial charge in [-0.05, 0) is 37.5 Å². The highest BCUT2D eigenvalue weighted by Gasteiger charge is 2.30.